The van der Waals surface area contributed by atoms with Gasteiger partial charge < -0.3 is 4.90 Å². The number of hydrogen-bond acceptors (Lipinski definition) is 7. The van der Waals surface area contributed by atoms with Crippen molar-refractivity contribution in [3.8, 4) is 12.1 Å². The molecule has 2 aromatic rings. The van der Waals surface area contributed by atoms with Gasteiger partial charge in [-0.1, -0.05) is 18.2 Å². The fourth-order valence-corrected chi connectivity index (χ4v) is 1.79. The first-order chi connectivity index (χ1) is 12.0. The number of nitriles is 2. The van der Waals surface area contributed by atoms with Crippen LogP contribution in [0.3, 0.4) is 0 Å². The van der Waals surface area contributed by atoms with Crippen LogP contribution in [0.4, 0.5) is 0 Å². The van der Waals surface area contributed by atoms with E-state index in [2.05, 4.69) is 62.3 Å². The molecule has 0 saturated heterocycles. The number of nitrogens with zero attached hydrogens (tertiary/aromatic N) is 3. The van der Waals surface area contributed by atoms with Crippen LogP contribution in [-0.2, 0) is 21.1 Å². The molecule has 0 saturated carbocycles. The molecule has 0 aliphatic heterocycles. The first-order valence-corrected chi connectivity index (χ1v) is 8.56. The van der Waals surface area contributed by atoms with Gasteiger partial charge in [-0.2, -0.15) is 28.7 Å². The molecule has 0 N–H and O–H groups in total. The Bertz CT molecular complexity index is 702. The molecule has 9 heteroatoms. The Hall–Kier alpha value is -1.54. The van der Waals surface area contributed by atoms with Crippen LogP contribution in [0.2, 0.25) is 0 Å². The number of fused-ring (bicyclic) bond motifs is 1. The zero-order chi connectivity index (χ0) is 20.8. The van der Waals surface area contributed by atoms with E-state index in [1.54, 1.807) is 12.1 Å². The predicted octanol–water partition coefficient (Wildman–Crippen LogP) is -0.436. The molecule has 0 spiro atoms. The van der Waals surface area contributed by atoms with Gasteiger partial charge in [-0.3, -0.25) is 0 Å². The summed E-state index contributed by atoms with van der Waals surface area (Å²) in [5.74, 6) is 0. The minimum Gasteiger partial charge on any atom is -0.305 e. The second kappa shape index (κ2) is 16.6. The fourth-order valence-electron chi connectivity index (χ4n) is 1.79. The first kappa shape index (κ1) is 30.2. The third kappa shape index (κ3) is 16.4. The van der Waals surface area contributed by atoms with Crippen molar-refractivity contribution in [2.45, 2.75) is 26.8 Å². The second-order valence-corrected chi connectivity index (χ2v) is 5.70. The van der Waals surface area contributed by atoms with Crippen molar-refractivity contribution in [1.29, 1.82) is 10.5 Å². The van der Waals surface area contributed by atoms with E-state index in [1.807, 2.05) is 6.07 Å². The van der Waals surface area contributed by atoms with Crippen LogP contribution in [0.25, 0.3) is 10.8 Å². The number of benzene rings is 2. The average molecular weight is 575 g/mol. The number of halogens is 1. The van der Waals surface area contributed by atoms with Crippen molar-refractivity contribution in [1.82, 2.24) is 4.90 Å². The van der Waals surface area contributed by atoms with Crippen molar-refractivity contribution < 1.29 is 49.9 Å². The third-order valence-electron chi connectivity index (χ3n) is 2.95. The van der Waals surface area contributed by atoms with Crippen LogP contribution in [-0.4, -0.2) is 19.0 Å². The molecule has 0 amide bonds. The van der Waals surface area contributed by atoms with Gasteiger partial charge in [-0.15, -0.1) is 32.6 Å². The van der Waals surface area contributed by atoms with Gasteiger partial charge >= 0.3 is 21.1 Å². The van der Waals surface area contributed by atoms with Crippen molar-refractivity contribution in [3.63, 3.8) is 0 Å². The first-order valence-electron chi connectivity index (χ1n) is 7.32. The third-order valence-corrected chi connectivity index (χ3v) is 2.95. The summed E-state index contributed by atoms with van der Waals surface area (Å²) in [6, 6.07) is 19.9. The molecule has 0 aromatic heterocycles. The molecule has 2 aromatic carbocycles. The van der Waals surface area contributed by atoms with E-state index >= 15 is 0 Å². The van der Waals surface area contributed by atoms with E-state index in [0.29, 0.717) is 6.04 Å². The molecule has 0 radical (unpaired) electrons. The standard InChI is InChI=1S/C14H16N.2C2H3N.ClHO4.Pt/c1-11(15(2)3)13-10-6-8-12-7-4-5-9-14(12)13;2*1-2-3;2-1(3,4)5;/h4-9,11H,1-3H3;2*1H3;(H,2,3,4,5);/q-1;;;;+2/p-1/t11-;;;;/m1..../s1. The molecule has 2 rings (SSSR count). The Morgan fingerprint density at radius 3 is 1.81 bits per heavy atom. The summed E-state index contributed by atoms with van der Waals surface area (Å²) in [5.41, 5.74) is 1.28. The molecular weight excluding hydrogens is 553 g/mol. The quantitative estimate of drug-likeness (QED) is 0.443. The van der Waals surface area contributed by atoms with Crippen molar-refractivity contribution in [3.05, 3.63) is 48.0 Å². The van der Waals surface area contributed by atoms with Gasteiger partial charge in [0.05, 0.1) is 12.1 Å². The molecule has 1 atom stereocenters. The molecule has 0 unspecified atom stereocenters. The SMILES string of the molecule is CC#N.CC#N.C[C@H](c1[c-]ccc2ccccc12)N(C)C.[O-][Cl+3]([O-])([O-])[O-].[Pt+2]. The summed E-state index contributed by atoms with van der Waals surface area (Å²) in [7, 11) is -0.749. The van der Waals surface area contributed by atoms with E-state index in [4.69, 9.17) is 29.2 Å². The van der Waals surface area contributed by atoms with Gasteiger partial charge in [0.2, 0.25) is 0 Å². The maximum absolute atomic E-state index is 8.49. The summed E-state index contributed by atoms with van der Waals surface area (Å²) >= 11 is 0. The molecule has 0 aliphatic rings. The van der Waals surface area contributed by atoms with Gasteiger partial charge in [0, 0.05) is 19.9 Å². The molecule has 0 heterocycles. The maximum atomic E-state index is 8.49. The van der Waals surface area contributed by atoms with Crippen LogP contribution in [0.15, 0.2) is 36.4 Å². The predicted molar refractivity (Wildman–Crippen MR) is 87.5 cm³/mol. The van der Waals surface area contributed by atoms with Crippen LogP contribution >= 0.6 is 0 Å². The van der Waals surface area contributed by atoms with Crippen molar-refractivity contribution >= 4 is 10.8 Å². The summed E-state index contributed by atoms with van der Waals surface area (Å²) in [5, 5.41) is 17.2. The van der Waals surface area contributed by atoms with Gasteiger partial charge in [0.15, 0.2) is 0 Å². The Morgan fingerprint density at radius 1 is 1.00 bits per heavy atom. The Labute approximate surface area is 177 Å². The van der Waals surface area contributed by atoms with E-state index in [9.17, 15) is 0 Å². The molecule has 7 nitrogen and oxygen atoms in total. The minimum atomic E-state index is -4.94. The average Bonchev–Trinajstić information content (AvgIpc) is 2.53. The largest absolute Gasteiger partial charge is 2.00 e. The van der Waals surface area contributed by atoms with Gasteiger partial charge in [0.1, 0.15) is 0 Å². The van der Waals surface area contributed by atoms with Gasteiger partial charge in [0.25, 0.3) is 0 Å². The number of rotatable bonds is 2. The van der Waals surface area contributed by atoms with E-state index < -0.39 is 10.2 Å². The van der Waals surface area contributed by atoms with Gasteiger partial charge in [-0.25, -0.2) is 18.6 Å². The minimum absolute atomic E-state index is 0. The normalized spacial score (nSPS) is 10.2. The fraction of sp³-hybridized carbons (Fsp3) is 0.333. The zero-order valence-electron chi connectivity index (χ0n) is 15.7. The Morgan fingerprint density at radius 2 is 1.41 bits per heavy atom. The van der Waals surface area contributed by atoms with Crippen molar-refractivity contribution in [2.24, 2.45) is 0 Å². The summed E-state index contributed by atoms with van der Waals surface area (Å²) < 4.78 is 34.0. The van der Waals surface area contributed by atoms with E-state index in [0.717, 1.165) is 0 Å². The van der Waals surface area contributed by atoms with E-state index in [-0.39, 0.29) is 21.1 Å². The summed E-state index contributed by atoms with van der Waals surface area (Å²) in [6.07, 6.45) is 0. The van der Waals surface area contributed by atoms with Crippen LogP contribution in [0.5, 0.6) is 0 Å². The smallest absolute Gasteiger partial charge is 0.305 e. The summed E-state index contributed by atoms with van der Waals surface area (Å²) in [4.78, 5) is 2.21. The second-order valence-electron chi connectivity index (χ2n) is 4.94. The molecule has 150 valence electrons. The Kier molecular flexibility index (Phi) is 18.6. The maximum Gasteiger partial charge on any atom is 2.00 e. The summed E-state index contributed by atoms with van der Waals surface area (Å²) in [6.45, 7) is 5.07. The molecule has 27 heavy (non-hydrogen) atoms. The zero-order valence-corrected chi connectivity index (χ0v) is 18.7. The van der Waals surface area contributed by atoms with Crippen molar-refractivity contribution in [2.75, 3.05) is 14.1 Å². The topological polar surface area (TPSA) is 143 Å². The monoisotopic (exact) mass is 574 g/mol. The van der Waals surface area contributed by atoms with E-state index in [1.165, 1.54) is 30.2 Å². The molecule has 0 bridgehead atoms. The molecule has 0 aliphatic carbocycles. The van der Waals surface area contributed by atoms with Crippen LogP contribution in [0.1, 0.15) is 32.4 Å². The molecule has 0 fully saturated rings. The van der Waals surface area contributed by atoms with Gasteiger partial charge in [-0.05, 0) is 21.0 Å². The van der Waals surface area contributed by atoms with Crippen LogP contribution in [0, 0.1) is 39.0 Å². The van der Waals surface area contributed by atoms with Crippen LogP contribution < -0.4 is 18.6 Å². The molecular formula is C18H22ClN3O4Pt. The number of hydrogen-bond donors (Lipinski definition) is 0. The Balaban J connectivity index is -0.000000404.